The average molecular weight is 498 g/mol. The number of hydrogen-bond donors (Lipinski definition) is 1. The van der Waals surface area contributed by atoms with Crippen molar-refractivity contribution in [2.75, 3.05) is 57.7 Å². The number of carbonyl (C=O) groups is 1. The van der Waals surface area contributed by atoms with Crippen LogP contribution < -0.4 is 19.7 Å². The van der Waals surface area contributed by atoms with Crippen molar-refractivity contribution < 1.29 is 19.0 Å². The van der Waals surface area contributed by atoms with E-state index in [1.165, 1.54) is 28.7 Å². The number of aryl methyl sites for hydroxylation is 2. The molecule has 1 aliphatic heterocycles. The molecule has 2 amide bonds. The minimum atomic E-state index is -0.138. The number of amides is 2. The number of carbonyl (C=O) groups excluding carboxylic acids is 1. The van der Waals surface area contributed by atoms with Crippen molar-refractivity contribution in [3.63, 3.8) is 0 Å². The Morgan fingerprint density at radius 1 is 1.00 bits per heavy atom. The van der Waals surface area contributed by atoms with E-state index >= 15 is 0 Å². The molecule has 35 heavy (non-hydrogen) atoms. The van der Waals surface area contributed by atoms with E-state index in [0.717, 1.165) is 23.5 Å². The first kappa shape index (κ1) is 23.6. The number of ether oxygens (including phenoxy) is 3. The van der Waals surface area contributed by atoms with Gasteiger partial charge < -0.3 is 29.3 Å². The molecule has 1 N–H and O–H groups in total. The van der Waals surface area contributed by atoms with Crippen LogP contribution in [0, 0.1) is 0 Å². The topological polar surface area (TPSA) is 89.1 Å². The summed E-state index contributed by atoms with van der Waals surface area (Å²) in [6, 6.07) is 5.20. The number of piperazine rings is 1. The monoisotopic (exact) mass is 497 g/mol. The van der Waals surface area contributed by atoms with Gasteiger partial charge in [-0.1, -0.05) is 0 Å². The first-order valence-electron chi connectivity index (χ1n) is 11.9. The smallest absolute Gasteiger partial charge is 0.321 e. The zero-order valence-electron chi connectivity index (χ0n) is 20.4. The third-order valence-electron chi connectivity index (χ3n) is 6.58. The van der Waals surface area contributed by atoms with E-state index < -0.39 is 0 Å². The Hall–Kier alpha value is -3.11. The van der Waals surface area contributed by atoms with Crippen LogP contribution in [0.2, 0.25) is 0 Å². The van der Waals surface area contributed by atoms with Gasteiger partial charge in [0.2, 0.25) is 0 Å². The van der Waals surface area contributed by atoms with E-state index in [-0.39, 0.29) is 6.03 Å². The second-order valence-corrected chi connectivity index (χ2v) is 9.88. The van der Waals surface area contributed by atoms with E-state index in [0.29, 0.717) is 55.8 Å². The lowest BCUT2D eigenvalue weighted by atomic mass is 9.97. The minimum absolute atomic E-state index is 0.138. The molecular formula is C25H31N5O4S. The van der Waals surface area contributed by atoms with E-state index in [1.54, 1.807) is 50.9 Å². The van der Waals surface area contributed by atoms with Crippen LogP contribution in [0.25, 0.3) is 10.2 Å². The Labute approximate surface area is 209 Å². The first-order valence-corrected chi connectivity index (χ1v) is 12.7. The summed E-state index contributed by atoms with van der Waals surface area (Å²) in [7, 11) is 4.85. The van der Waals surface area contributed by atoms with Gasteiger partial charge in [0, 0.05) is 62.1 Å². The molecular weight excluding hydrogens is 466 g/mol. The number of methoxy groups -OCH3 is 3. The molecule has 3 heterocycles. The number of rotatable bonds is 6. The van der Waals surface area contributed by atoms with Crippen LogP contribution in [0.3, 0.4) is 0 Å². The summed E-state index contributed by atoms with van der Waals surface area (Å²) in [4.78, 5) is 29.3. The van der Waals surface area contributed by atoms with Crippen LogP contribution in [0.5, 0.6) is 11.5 Å². The van der Waals surface area contributed by atoms with Crippen molar-refractivity contribution in [3.8, 4) is 11.5 Å². The number of fused-ring (bicyclic) bond motifs is 3. The van der Waals surface area contributed by atoms with Gasteiger partial charge in [-0.3, -0.25) is 0 Å². The fourth-order valence-electron chi connectivity index (χ4n) is 4.81. The molecule has 0 spiro atoms. The molecule has 5 rings (SSSR count). The van der Waals surface area contributed by atoms with Gasteiger partial charge in [0.05, 0.1) is 19.6 Å². The van der Waals surface area contributed by atoms with Crippen LogP contribution in [0.1, 0.15) is 29.1 Å². The zero-order chi connectivity index (χ0) is 24.4. The normalized spacial score (nSPS) is 15.7. The van der Waals surface area contributed by atoms with Gasteiger partial charge in [-0.2, -0.15) is 0 Å². The molecule has 0 atom stereocenters. The number of anilines is 2. The van der Waals surface area contributed by atoms with E-state index in [4.69, 9.17) is 24.2 Å². The Morgan fingerprint density at radius 3 is 2.40 bits per heavy atom. The number of hydrogen-bond acceptors (Lipinski definition) is 8. The Morgan fingerprint density at radius 2 is 1.71 bits per heavy atom. The summed E-state index contributed by atoms with van der Waals surface area (Å²) in [6.07, 6.45) is 4.65. The fourth-order valence-corrected chi connectivity index (χ4v) is 6.08. The van der Waals surface area contributed by atoms with Crippen molar-refractivity contribution in [3.05, 3.63) is 34.5 Å². The highest BCUT2D eigenvalue weighted by Crippen LogP contribution is 2.40. The highest BCUT2D eigenvalue weighted by Gasteiger charge is 2.27. The molecule has 0 radical (unpaired) electrons. The van der Waals surface area contributed by atoms with Crippen LogP contribution in [-0.4, -0.2) is 68.4 Å². The summed E-state index contributed by atoms with van der Waals surface area (Å²) < 4.78 is 16.0. The second-order valence-electron chi connectivity index (χ2n) is 8.79. The molecule has 0 unspecified atom stereocenters. The maximum atomic E-state index is 13.0. The number of urea groups is 1. The number of nitrogens with one attached hydrogen (secondary N) is 1. The maximum Gasteiger partial charge on any atom is 0.321 e. The van der Waals surface area contributed by atoms with Gasteiger partial charge in [-0.25, -0.2) is 14.8 Å². The van der Waals surface area contributed by atoms with E-state index in [2.05, 4.69) is 10.2 Å². The SMILES string of the molecule is COCc1nc(N2CCN(C(=O)Nc3cc(OC)cc(OC)c3)CC2)c2c3c(sc2n1)CCCC3. The maximum absolute atomic E-state index is 13.0. The van der Waals surface area contributed by atoms with Crippen LogP contribution >= 0.6 is 11.3 Å². The van der Waals surface area contributed by atoms with Gasteiger partial charge in [0.15, 0.2) is 5.82 Å². The molecule has 2 aromatic heterocycles. The molecule has 186 valence electrons. The molecule has 3 aromatic rings. The third kappa shape index (κ3) is 4.85. The second kappa shape index (κ2) is 10.2. The lowest BCUT2D eigenvalue weighted by Gasteiger charge is -2.36. The van der Waals surface area contributed by atoms with Crippen LogP contribution in [0.15, 0.2) is 18.2 Å². The Bertz CT molecular complexity index is 1200. The van der Waals surface area contributed by atoms with Crippen molar-refractivity contribution in [1.29, 1.82) is 0 Å². The molecule has 2 aliphatic rings. The zero-order valence-corrected chi connectivity index (χ0v) is 21.2. The minimum Gasteiger partial charge on any atom is -0.497 e. The largest absolute Gasteiger partial charge is 0.497 e. The van der Waals surface area contributed by atoms with Gasteiger partial charge in [0.25, 0.3) is 0 Å². The average Bonchev–Trinajstić information content (AvgIpc) is 3.26. The summed E-state index contributed by atoms with van der Waals surface area (Å²) in [5.41, 5.74) is 2.06. The lowest BCUT2D eigenvalue weighted by Crippen LogP contribution is -2.50. The predicted molar refractivity (Wildman–Crippen MR) is 137 cm³/mol. The molecule has 10 heteroatoms. The summed E-state index contributed by atoms with van der Waals surface area (Å²) >= 11 is 1.80. The lowest BCUT2D eigenvalue weighted by molar-refractivity contribution is 0.178. The standard InChI is InChI=1S/C25H31N5O4S/c1-32-15-21-27-23(22-19-6-4-5-7-20(19)35-24(22)28-21)29-8-10-30(11-9-29)25(31)26-16-12-17(33-2)14-18(13-16)34-3/h12-14H,4-11,15H2,1-3H3,(H,26,31). The predicted octanol–water partition coefficient (Wildman–Crippen LogP) is 4.09. The van der Waals surface area contributed by atoms with Crippen molar-refractivity contribution in [1.82, 2.24) is 14.9 Å². The summed E-state index contributed by atoms with van der Waals surface area (Å²) in [6.45, 7) is 3.00. The number of benzene rings is 1. The highest BCUT2D eigenvalue weighted by atomic mass is 32.1. The number of thiophene rings is 1. The first-order chi connectivity index (χ1) is 17.1. The van der Waals surface area contributed by atoms with Crippen molar-refractivity contribution >= 4 is 39.1 Å². The Kier molecular flexibility index (Phi) is 6.92. The molecule has 1 aliphatic carbocycles. The van der Waals surface area contributed by atoms with Crippen molar-refractivity contribution in [2.45, 2.75) is 32.3 Å². The molecule has 0 saturated carbocycles. The van der Waals surface area contributed by atoms with Gasteiger partial charge in [-0.15, -0.1) is 11.3 Å². The van der Waals surface area contributed by atoms with Gasteiger partial charge in [-0.05, 0) is 31.2 Å². The molecule has 0 bridgehead atoms. The van der Waals surface area contributed by atoms with Crippen LogP contribution in [-0.2, 0) is 24.2 Å². The van der Waals surface area contributed by atoms with Crippen molar-refractivity contribution in [2.24, 2.45) is 0 Å². The number of aromatic nitrogens is 2. The number of nitrogens with zero attached hydrogens (tertiary/aromatic N) is 4. The molecule has 1 fully saturated rings. The molecule has 1 saturated heterocycles. The van der Waals surface area contributed by atoms with Gasteiger partial charge >= 0.3 is 6.03 Å². The molecule has 9 nitrogen and oxygen atoms in total. The van der Waals surface area contributed by atoms with E-state index in [9.17, 15) is 4.79 Å². The third-order valence-corrected chi connectivity index (χ3v) is 7.77. The highest BCUT2D eigenvalue weighted by molar-refractivity contribution is 7.19. The van der Waals surface area contributed by atoms with Gasteiger partial charge in [0.1, 0.15) is 28.8 Å². The quantitative estimate of drug-likeness (QED) is 0.549. The van der Waals surface area contributed by atoms with E-state index in [1.807, 2.05) is 4.90 Å². The fraction of sp³-hybridized carbons (Fsp3) is 0.480. The van der Waals surface area contributed by atoms with Crippen LogP contribution in [0.4, 0.5) is 16.3 Å². The Balaban J connectivity index is 1.33. The summed E-state index contributed by atoms with van der Waals surface area (Å²) in [5.74, 6) is 2.95. The summed E-state index contributed by atoms with van der Waals surface area (Å²) in [5, 5.41) is 4.18. The molecule has 1 aromatic carbocycles.